The Bertz CT molecular complexity index is 1030. The van der Waals surface area contributed by atoms with Gasteiger partial charge in [0.2, 0.25) is 0 Å². The smallest absolute Gasteiger partial charge is 0.0630 e. The normalized spacial score (nSPS) is 22.7. The summed E-state index contributed by atoms with van der Waals surface area (Å²) in [5.74, 6) is 1.07. The van der Waals surface area contributed by atoms with Crippen LogP contribution in [0.2, 0.25) is 5.02 Å². The Labute approximate surface area is 170 Å². The standard InChI is InChI=1S/C25H21ClN2/c26-19-12-8-17(9-13-19)16-27-20-14-10-18(11-15-20)25-23-6-3-5-21(23)22-4-1-2-7-24(22)28-25/h1-5,7-16,21,23,25,28H,6H2. The Balaban J connectivity index is 1.38. The van der Waals surface area contributed by atoms with Crippen LogP contribution >= 0.6 is 11.6 Å². The van der Waals surface area contributed by atoms with Gasteiger partial charge in [-0.05, 0) is 59.4 Å². The first-order valence-corrected chi connectivity index (χ1v) is 10.1. The summed E-state index contributed by atoms with van der Waals surface area (Å²) in [5, 5.41) is 4.52. The van der Waals surface area contributed by atoms with Gasteiger partial charge in [0.05, 0.1) is 11.7 Å². The van der Waals surface area contributed by atoms with Crippen molar-refractivity contribution in [1.29, 1.82) is 0 Å². The van der Waals surface area contributed by atoms with Crippen LogP contribution in [0.15, 0.2) is 89.9 Å². The highest BCUT2D eigenvalue weighted by molar-refractivity contribution is 6.30. The van der Waals surface area contributed by atoms with Crippen LogP contribution in [0.1, 0.15) is 35.1 Å². The van der Waals surface area contributed by atoms with Crippen LogP contribution < -0.4 is 5.32 Å². The third-order valence-electron chi connectivity index (χ3n) is 5.76. The van der Waals surface area contributed by atoms with E-state index in [2.05, 4.69) is 71.0 Å². The van der Waals surface area contributed by atoms with Gasteiger partial charge in [0.25, 0.3) is 0 Å². The zero-order valence-corrected chi connectivity index (χ0v) is 16.2. The molecule has 0 aromatic heterocycles. The molecule has 0 radical (unpaired) electrons. The van der Waals surface area contributed by atoms with Gasteiger partial charge in [0.1, 0.15) is 0 Å². The number of rotatable bonds is 3. The summed E-state index contributed by atoms with van der Waals surface area (Å²) >= 11 is 5.94. The fraction of sp³-hybridized carbons (Fsp3) is 0.160. The maximum absolute atomic E-state index is 5.94. The SMILES string of the molecule is Clc1ccc(C=Nc2ccc(C3Nc4ccccc4C4C=CCC43)cc2)cc1. The molecule has 28 heavy (non-hydrogen) atoms. The second kappa shape index (κ2) is 7.29. The van der Waals surface area contributed by atoms with Crippen LogP contribution in [0.4, 0.5) is 11.4 Å². The van der Waals surface area contributed by atoms with Crippen LogP contribution in [0.3, 0.4) is 0 Å². The molecule has 5 rings (SSSR count). The highest BCUT2D eigenvalue weighted by atomic mass is 35.5. The Hall–Kier alpha value is -2.84. The molecule has 0 bridgehead atoms. The molecular weight excluding hydrogens is 364 g/mol. The third-order valence-corrected chi connectivity index (χ3v) is 6.01. The van der Waals surface area contributed by atoms with Crippen LogP contribution in [0.25, 0.3) is 0 Å². The summed E-state index contributed by atoms with van der Waals surface area (Å²) in [6.45, 7) is 0. The van der Waals surface area contributed by atoms with Crippen LogP contribution in [-0.4, -0.2) is 6.21 Å². The topological polar surface area (TPSA) is 24.4 Å². The van der Waals surface area contributed by atoms with Crippen LogP contribution in [-0.2, 0) is 0 Å². The molecule has 1 N–H and O–H groups in total. The molecule has 3 aromatic rings. The fourth-order valence-corrected chi connectivity index (χ4v) is 4.47. The first kappa shape index (κ1) is 17.3. The number of hydrogen-bond donors (Lipinski definition) is 1. The summed E-state index contributed by atoms with van der Waals surface area (Å²) in [7, 11) is 0. The largest absolute Gasteiger partial charge is 0.378 e. The number of para-hydroxylation sites is 1. The molecule has 3 unspecified atom stereocenters. The molecule has 0 spiro atoms. The quantitative estimate of drug-likeness (QED) is 0.384. The van der Waals surface area contributed by atoms with Gasteiger partial charge >= 0.3 is 0 Å². The molecule has 1 aliphatic carbocycles. The van der Waals surface area contributed by atoms with Gasteiger partial charge in [0, 0.05) is 22.8 Å². The zero-order valence-electron chi connectivity index (χ0n) is 15.4. The number of halogens is 1. The maximum Gasteiger partial charge on any atom is 0.0630 e. The van der Waals surface area contributed by atoms with E-state index in [-0.39, 0.29) is 0 Å². The molecule has 3 aromatic carbocycles. The molecular formula is C25H21ClN2. The van der Waals surface area contributed by atoms with Gasteiger partial charge in [-0.1, -0.05) is 66.2 Å². The summed E-state index contributed by atoms with van der Waals surface area (Å²) in [4.78, 5) is 4.59. The van der Waals surface area contributed by atoms with Crippen molar-refractivity contribution >= 4 is 29.2 Å². The predicted octanol–water partition coefficient (Wildman–Crippen LogP) is 6.92. The van der Waals surface area contributed by atoms with E-state index in [0.717, 1.165) is 22.7 Å². The van der Waals surface area contributed by atoms with E-state index in [4.69, 9.17) is 11.6 Å². The van der Waals surface area contributed by atoms with Gasteiger partial charge in [-0.25, -0.2) is 0 Å². The molecule has 0 saturated heterocycles. The minimum atomic E-state index is 0.323. The molecule has 3 heteroatoms. The lowest BCUT2D eigenvalue weighted by Crippen LogP contribution is -2.28. The van der Waals surface area contributed by atoms with Crippen molar-refractivity contribution in [2.45, 2.75) is 18.4 Å². The van der Waals surface area contributed by atoms with Crippen LogP contribution in [0.5, 0.6) is 0 Å². The summed E-state index contributed by atoms with van der Waals surface area (Å²) in [6, 6.07) is 25.3. The highest BCUT2D eigenvalue weighted by Gasteiger charge is 2.37. The highest BCUT2D eigenvalue weighted by Crippen LogP contribution is 2.49. The number of benzene rings is 3. The Morgan fingerprint density at radius 1 is 0.929 bits per heavy atom. The van der Waals surface area contributed by atoms with Crippen molar-refractivity contribution in [1.82, 2.24) is 0 Å². The monoisotopic (exact) mass is 384 g/mol. The van der Waals surface area contributed by atoms with Crippen molar-refractivity contribution in [2.24, 2.45) is 10.9 Å². The second-order valence-electron chi connectivity index (χ2n) is 7.46. The first-order chi connectivity index (χ1) is 13.8. The summed E-state index contributed by atoms with van der Waals surface area (Å²) in [5.41, 5.74) is 5.99. The number of fused-ring (bicyclic) bond motifs is 3. The minimum Gasteiger partial charge on any atom is -0.378 e. The molecule has 0 saturated carbocycles. The van der Waals surface area contributed by atoms with E-state index in [0.29, 0.717) is 17.9 Å². The first-order valence-electron chi connectivity index (χ1n) is 9.70. The number of hydrogen-bond acceptors (Lipinski definition) is 2. The van der Waals surface area contributed by atoms with Crippen molar-refractivity contribution < 1.29 is 0 Å². The van der Waals surface area contributed by atoms with Crippen molar-refractivity contribution in [3.8, 4) is 0 Å². The summed E-state index contributed by atoms with van der Waals surface area (Å²) in [6.07, 6.45) is 7.70. The summed E-state index contributed by atoms with van der Waals surface area (Å²) < 4.78 is 0. The van der Waals surface area contributed by atoms with Gasteiger partial charge in [-0.15, -0.1) is 0 Å². The molecule has 2 aliphatic rings. The Kier molecular flexibility index (Phi) is 4.50. The predicted molar refractivity (Wildman–Crippen MR) is 118 cm³/mol. The molecule has 1 heterocycles. The van der Waals surface area contributed by atoms with E-state index in [1.54, 1.807) is 0 Å². The number of nitrogens with one attached hydrogen (secondary N) is 1. The van der Waals surface area contributed by atoms with E-state index in [1.807, 2.05) is 30.5 Å². The number of aliphatic imine (C=N–C) groups is 1. The van der Waals surface area contributed by atoms with Crippen molar-refractivity contribution in [3.63, 3.8) is 0 Å². The average Bonchev–Trinajstić information content (AvgIpc) is 3.23. The van der Waals surface area contributed by atoms with E-state index in [9.17, 15) is 0 Å². The van der Waals surface area contributed by atoms with Crippen LogP contribution in [0, 0.1) is 5.92 Å². The number of anilines is 1. The third kappa shape index (κ3) is 3.25. The van der Waals surface area contributed by atoms with Gasteiger partial charge in [0.15, 0.2) is 0 Å². The molecule has 1 aliphatic heterocycles. The van der Waals surface area contributed by atoms with Crippen molar-refractivity contribution in [2.75, 3.05) is 5.32 Å². The lowest BCUT2D eigenvalue weighted by Gasteiger charge is -2.37. The number of allylic oxidation sites excluding steroid dienone is 2. The Morgan fingerprint density at radius 3 is 2.54 bits per heavy atom. The molecule has 0 amide bonds. The number of nitrogens with zero attached hydrogens (tertiary/aromatic N) is 1. The molecule has 3 atom stereocenters. The lowest BCUT2D eigenvalue weighted by atomic mass is 9.77. The second-order valence-corrected chi connectivity index (χ2v) is 7.90. The van der Waals surface area contributed by atoms with Gasteiger partial charge < -0.3 is 5.32 Å². The lowest BCUT2D eigenvalue weighted by molar-refractivity contribution is 0.425. The van der Waals surface area contributed by atoms with Crippen molar-refractivity contribution in [3.05, 3.63) is 107 Å². The molecule has 138 valence electrons. The molecule has 2 nitrogen and oxygen atoms in total. The van der Waals surface area contributed by atoms with E-state index < -0.39 is 0 Å². The fourth-order valence-electron chi connectivity index (χ4n) is 4.34. The van der Waals surface area contributed by atoms with E-state index in [1.165, 1.54) is 16.8 Å². The van der Waals surface area contributed by atoms with E-state index >= 15 is 0 Å². The van der Waals surface area contributed by atoms with Gasteiger partial charge in [-0.2, -0.15) is 0 Å². The maximum atomic E-state index is 5.94. The molecule has 0 fully saturated rings. The Morgan fingerprint density at radius 2 is 1.71 bits per heavy atom. The minimum absolute atomic E-state index is 0.323. The zero-order chi connectivity index (χ0) is 18.9. The average molecular weight is 385 g/mol. The van der Waals surface area contributed by atoms with Gasteiger partial charge in [-0.3, -0.25) is 4.99 Å².